The Morgan fingerprint density at radius 1 is 1.08 bits per heavy atom. The van der Waals surface area contributed by atoms with Crippen LogP contribution < -0.4 is 8.92 Å². The molecule has 1 aliphatic rings. The summed E-state index contributed by atoms with van der Waals surface area (Å²) in [5, 5.41) is 0.0282. The maximum Gasteiger partial charge on any atom is 0.339 e. The number of aryl methyl sites for hydroxylation is 1. The topological polar surface area (TPSA) is 90.0 Å². The molecule has 11 heteroatoms. The van der Waals surface area contributed by atoms with Crippen molar-refractivity contribution in [2.45, 2.75) is 25.3 Å². The van der Waals surface area contributed by atoms with Crippen LogP contribution in [0.3, 0.4) is 0 Å². The molecule has 2 amide bonds. The van der Waals surface area contributed by atoms with Crippen molar-refractivity contribution in [3.63, 3.8) is 0 Å². The number of imide groups is 1. The van der Waals surface area contributed by atoms with Crippen LogP contribution in [0.4, 0.5) is 4.79 Å². The maximum atomic E-state index is 13.0. The van der Waals surface area contributed by atoms with Crippen LogP contribution in [0.25, 0.3) is 6.08 Å². The van der Waals surface area contributed by atoms with E-state index in [1.807, 2.05) is 31.2 Å². The summed E-state index contributed by atoms with van der Waals surface area (Å²) in [7, 11) is -4.18. The number of rotatable bonds is 8. The van der Waals surface area contributed by atoms with Gasteiger partial charge in [0.15, 0.2) is 11.5 Å². The SMILES string of the molecule is CCOc1cc(/C=C2\SC(=O)N(Cc3ccccc3C)C2=O)cc(Br)c1OS(=O)(=O)c1ccc(Cl)cc1. The molecule has 1 aliphatic heterocycles. The van der Waals surface area contributed by atoms with Gasteiger partial charge in [-0.05, 0) is 101 Å². The van der Waals surface area contributed by atoms with Crippen molar-refractivity contribution in [2.24, 2.45) is 0 Å². The predicted molar refractivity (Wildman–Crippen MR) is 147 cm³/mol. The molecule has 4 rings (SSSR count). The quantitative estimate of drug-likeness (QED) is 0.201. The third-order valence-electron chi connectivity index (χ3n) is 5.39. The van der Waals surface area contributed by atoms with Gasteiger partial charge in [-0.3, -0.25) is 14.5 Å². The van der Waals surface area contributed by atoms with Gasteiger partial charge in [0.05, 0.1) is 22.5 Å². The number of hydrogen-bond donors (Lipinski definition) is 0. The molecule has 0 radical (unpaired) electrons. The zero-order valence-electron chi connectivity index (χ0n) is 19.7. The summed E-state index contributed by atoms with van der Waals surface area (Å²) in [4.78, 5) is 27.0. The summed E-state index contributed by atoms with van der Waals surface area (Å²) in [6, 6.07) is 16.3. The Kier molecular flexibility index (Phi) is 8.33. The van der Waals surface area contributed by atoms with Gasteiger partial charge in [-0.25, -0.2) is 0 Å². The molecule has 3 aromatic rings. The van der Waals surface area contributed by atoms with E-state index in [-0.39, 0.29) is 39.7 Å². The molecule has 3 aromatic carbocycles. The first kappa shape index (κ1) is 27.3. The summed E-state index contributed by atoms with van der Waals surface area (Å²) in [6.07, 6.45) is 1.56. The van der Waals surface area contributed by atoms with Gasteiger partial charge >= 0.3 is 10.1 Å². The van der Waals surface area contributed by atoms with Gasteiger partial charge in [0.2, 0.25) is 0 Å². The number of thioether (sulfide) groups is 1. The van der Waals surface area contributed by atoms with E-state index in [0.29, 0.717) is 15.1 Å². The highest BCUT2D eigenvalue weighted by atomic mass is 79.9. The highest BCUT2D eigenvalue weighted by Gasteiger charge is 2.35. The lowest BCUT2D eigenvalue weighted by Crippen LogP contribution is -2.27. The average molecular weight is 623 g/mol. The minimum atomic E-state index is -4.18. The zero-order chi connectivity index (χ0) is 26.7. The lowest BCUT2D eigenvalue weighted by Gasteiger charge is -2.15. The first-order chi connectivity index (χ1) is 17.6. The molecule has 0 saturated carbocycles. The highest BCUT2D eigenvalue weighted by Crippen LogP contribution is 2.41. The maximum absolute atomic E-state index is 13.0. The van der Waals surface area contributed by atoms with Crippen molar-refractivity contribution in [1.29, 1.82) is 0 Å². The molecule has 0 N–H and O–H groups in total. The van der Waals surface area contributed by atoms with E-state index < -0.39 is 16.0 Å². The molecular formula is C26H21BrClNO6S2. The Morgan fingerprint density at radius 2 is 1.78 bits per heavy atom. The van der Waals surface area contributed by atoms with E-state index in [1.54, 1.807) is 25.1 Å². The smallest absolute Gasteiger partial charge is 0.339 e. The van der Waals surface area contributed by atoms with E-state index >= 15 is 0 Å². The zero-order valence-corrected chi connectivity index (χ0v) is 23.7. The fourth-order valence-electron chi connectivity index (χ4n) is 3.52. The number of ether oxygens (including phenoxy) is 1. The highest BCUT2D eigenvalue weighted by molar-refractivity contribution is 9.10. The fraction of sp³-hybridized carbons (Fsp3) is 0.154. The lowest BCUT2D eigenvalue weighted by atomic mass is 10.1. The van der Waals surface area contributed by atoms with Crippen LogP contribution in [0.1, 0.15) is 23.6 Å². The minimum Gasteiger partial charge on any atom is -0.490 e. The van der Waals surface area contributed by atoms with E-state index in [0.717, 1.165) is 22.9 Å². The van der Waals surface area contributed by atoms with E-state index in [9.17, 15) is 18.0 Å². The van der Waals surface area contributed by atoms with Crippen molar-refractivity contribution in [3.05, 3.63) is 91.8 Å². The number of amides is 2. The minimum absolute atomic E-state index is 0.0402. The van der Waals surface area contributed by atoms with Crippen molar-refractivity contribution < 1.29 is 26.9 Å². The number of benzene rings is 3. The Morgan fingerprint density at radius 3 is 2.46 bits per heavy atom. The number of nitrogens with zero attached hydrogens (tertiary/aromatic N) is 1. The third kappa shape index (κ3) is 6.20. The van der Waals surface area contributed by atoms with E-state index in [4.69, 9.17) is 20.5 Å². The van der Waals surface area contributed by atoms with Crippen LogP contribution >= 0.6 is 39.3 Å². The second-order valence-electron chi connectivity index (χ2n) is 7.95. The number of hydrogen-bond acceptors (Lipinski definition) is 7. The molecule has 0 aliphatic carbocycles. The first-order valence-corrected chi connectivity index (χ1v) is 14.4. The molecule has 0 spiro atoms. The van der Waals surface area contributed by atoms with Crippen LogP contribution in [0.5, 0.6) is 11.5 Å². The van der Waals surface area contributed by atoms with Crippen LogP contribution in [-0.2, 0) is 21.5 Å². The van der Waals surface area contributed by atoms with E-state index in [1.165, 1.54) is 29.2 Å². The van der Waals surface area contributed by atoms with Crippen molar-refractivity contribution in [2.75, 3.05) is 6.61 Å². The Hall–Kier alpha value is -2.79. The first-order valence-electron chi connectivity index (χ1n) is 11.1. The van der Waals surface area contributed by atoms with Gasteiger partial charge in [0.25, 0.3) is 11.1 Å². The van der Waals surface area contributed by atoms with Crippen LogP contribution in [0.15, 0.2) is 74.9 Å². The van der Waals surface area contributed by atoms with Gasteiger partial charge in [-0.1, -0.05) is 35.9 Å². The average Bonchev–Trinajstić information content (AvgIpc) is 3.10. The van der Waals surface area contributed by atoms with Gasteiger partial charge in [-0.2, -0.15) is 8.42 Å². The van der Waals surface area contributed by atoms with Crippen LogP contribution in [0, 0.1) is 6.92 Å². The molecule has 37 heavy (non-hydrogen) atoms. The predicted octanol–water partition coefficient (Wildman–Crippen LogP) is 6.81. The largest absolute Gasteiger partial charge is 0.490 e. The van der Waals surface area contributed by atoms with Crippen molar-refractivity contribution >= 4 is 66.6 Å². The van der Waals surface area contributed by atoms with Crippen molar-refractivity contribution in [1.82, 2.24) is 4.90 Å². The lowest BCUT2D eigenvalue weighted by molar-refractivity contribution is -0.123. The standard InChI is InChI=1S/C26H21BrClNO6S2/c1-3-34-22-13-17(12-21(27)24(22)35-37(32,33)20-10-8-19(28)9-11-20)14-23-25(30)29(26(31)36-23)15-18-7-5-4-6-16(18)2/h4-14H,3,15H2,1-2H3/b23-14-. The van der Waals surface area contributed by atoms with Crippen LogP contribution in [-0.4, -0.2) is 31.1 Å². The number of halogens is 2. The monoisotopic (exact) mass is 621 g/mol. The normalized spacial score (nSPS) is 14.9. The number of carbonyl (C=O) groups is 2. The number of carbonyl (C=O) groups excluding carboxylic acids is 2. The van der Waals surface area contributed by atoms with Gasteiger partial charge in [0.1, 0.15) is 4.90 Å². The molecule has 7 nitrogen and oxygen atoms in total. The molecule has 0 atom stereocenters. The summed E-state index contributed by atoms with van der Waals surface area (Å²) in [5.74, 6) is -0.292. The van der Waals surface area contributed by atoms with Gasteiger partial charge < -0.3 is 8.92 Å². The fourth-order valence-corrected chi connectivity index (χ4v) is 6.09. The summed E-state index contributed by atoms with van der Waals surface area (Å²) >= 11 is 10.1. The summed E-state index contributed by atoms with van der Waals surface area (Å²) in [6.45, 7) is 4.08. The molecule has 192 valence electrons. The molecule has 0 unspecified atom stereocenters. The summed E-state index contributed by atoms with van der Waals surface area (Å²) < 4.78 is 37.0. The second kappa shape index (κ2) is 11.3. The van der Waals surface area contributed by atoms with Crippen LogP contribution in [0.2, 0.25) is 5.02 Å². The summed E-state index contributed by atoms with van der Waals surface area (Å²) in [5.41, 5.74) is 2.39. The Bertz CT molecular complexity index is 1510. The molecule has 1 heterocycles. The van der Waals surface area contributed by atoms with E-state index in [2.05, 4.69) is 15.9 Å². The molecule has 1 fully saturated rings. The van der Waals surface area contributed by atoms with Gasteiger partial charge in [-0.15, -0.1) is 0 Å². The Labute approximate surface area is 232 Å². The molecular weight excluding hydrogens is 602 g/mol. The van der Waals surface area contributed by atoms with Gasteiger partial charge in [0, 0.05) is 5.02 Å². The second-order valence-corrected chi connectivity index (χ2v) is 11.8. The molecule has 0 bridgehead atoms. The molecule has 0 aromatic heterocycles. The Balaban J connectivity index is 1.62. The third-order valence-corrected chi connectivity index (χ3v) is 8.37. The van der Waals surface area contributed by atoms with Crippen molar-refractivity contribution in [3.8, 4) is 11.5 Å². The molecule has 1 saturated heterocycles.